The molecule has 0 saturated heterocycles. The van der Waals surface area contributed by atoms with Crippen molar-refractivity contribution in [3.8, 4) is 0 Å². The summed E-state index contributed by atoms with van der Waals surface area (Å²) in [4.78, 5) is 5.66. The van der Waals surface area contributed by atoms with Crippen LogP contribution in [0, 0.1) is 0 Å². The van der Waals surface area contributed by atoms with Crippen LogP contribution in [-0.4, -0.2) is 24.8 Å². The second-order valence-electron chi connectivity index (χ2n) is 5.33. The molecule has 0 amide bonds. The maximum absolute atomic E-state index is 5.66. The normalized spacial score (nSPS) is 16.9. The minimum absolute atomic E-state index is 0.0668. The van der Waals surface area contributed by atoms with E-state index in [2.05, 4.69) is 54.2 Å². The van der Waals surface area contributed by atoms with Crippen molar-refractivity contribution in [2.45, 2.75) is 39.2 Å². The Kier molecular flexibility index (Phi) is 6.21. The summed E-state index contributed by atoms with van der Waals surface area (Å²) < 4.78 is 0. The van der Waals surface area contributed by atoms with E-state index in [1.165, 1.54) is 16.7 Å². The molecule has 4 nitrogen and oxygen atoms in total. The van der Waals surface area contributed by atoms with E-state index in [1.807, 2.05) is 7.05 Å². The van der Waals surface area contributed by atoms with Gasteiger partial charge in [-0.2, -0.15) is 0 Å². The zero-order valence-corrected chi connectivity index (χ0v) is 14.3. The summed E-state index contributed by atoms with van der Waals surface area (Å²) in [5.74, 6) is 0. The molecule has 0 spiro atoms. The summed E-state index contributed by atoms with van der Waals surface area (Å²) in [5.41, 5.74) is 8.10. The van der Waals surface area contributed by atoms with Crippen molar-refractivity contribution in [2.75, 3.05) is 13.6 Å². The van der Waals surface area contributed by atoms with Crippen LogP contribution in [0.5, 0.6) is 0 Å². The van der Waals surface area contributed by atoms with E-state index < -0.39 is 0 Å². The van der Waals surface area contributed by atoms with Crippen molar-refractivity contribution in [3.63, 3.8) is 0 Å². The lowest BCUT2D eigenvalue weighted by Gasteiger charge is -2.11. The van der Waals surface area contributed by atoms with Gasteiger partial charge in [0, 0.05) is 19.2 Å². The fourth-order valence-electron chi connectivity index (χ4n) is 2.50. The van der Waals surface area contributed by atoms with E-state index in [0.717, 1.165) is 31.5 Å². The van der Waals surface area contributed by atoms with Crippen LogP contribution < -0.4 is 16.1 Å². The Balaban J connectivity index is 2.04. The number of benzene rings is 1. The highest BCUT2D eigenvalue weighted by Crippen LogP contribution is 2.25. The van der Waals surface area contributed by atoms with Gasteiger partial charge in [0.25, 0.3) is 0 Å². The van der Waals surface area contributed by atoms with Crippen LogP contribution in [0.3, 0.4) is 0 Å². The van der Waals surface area contributed by atoms with Crippen molar-refractivity contribution in [3.05, 3.63) is 41.0 Å². The van der Waals surface area contributed by atoms with Crippen molar-refractivity contribution >= 4 is 23.0 Å². The van der Waals surface area contributed by atoms with Gasteiger partial charge < -0.3 is 10.6 Å². The van der Waals surface area contributed by atoms with E-state index in [-0.39, 0.29) is 6.10 Å². The average molecular weight is 319 g/mol. The van der Waals surface area contributed by atoms with Gasteiger partial charge in [-0.25, -0.2) is 0 Å². The van der Waals surface area contributed by atoms with Gasteiger partial charge in [0.15, 0.2) is 5.11 Å². The fraction of sp³-hybridized carbons (Fsp3) is 0.471. The molecule has 22 heavy (non-hydrogen) atoms. The molecule has 0 aliphatic carbocycles. The molecule has 0 fully saturated rings. The smallest absolute Gasteiger partial charge is 0.166 e. The second-order valence-corrected chi connectivity index (χ2v) is 5.74. The van der Waals surface area contributed by atoms with Gasteiger partial charge in [0.1, 0.15) is 6.10 Å². The van der Waals surface area contributed by atoms with Crippen LogP contribution in [0.2, 0.25) is 0 Å². The SMILES string of the molecule is CCc1ccc(CC)c(C2=CC(CCNC(=S)NC)ON2)c1. The maximum atomic E-state index is 5.66. The second kappa shape index (κ2) is 8.15. The van der Waals surface area contributed by atoms with Gasteiger partial charge in [-0.1, -0.05) is 26.0 Å². The summed E-state index contributed by atoms with van der Waals surface area (Å²) >= 11 is 5.06. The number of nitrogens with one attached hydrogen (secondary N) is 3. The molecule has 1 aromatic carbocycles. The van der Waals surface area contributed by atoms with E-state index in [1.54, 1.807) is 0 Å². The first kappa shape index (κ1) is 16.8. The first-order valence-corrected chi connectivity index (χ1v) is 8.30. The maximum Gasteiger partial charge on any atom is 0.166 e. The Morgan fingerprint density at radius 1 is 1.32 bits per heavy atom. The number of hydroxylamine groups is 1. The van der Waals surface area contributed by atoms with Crippen molar-refractivity contribution in [1.82, 2.24) is 16.1 Å². The molecule has 1 atom stereocenters. The van der Waals surface area contributed by atoms with Crippen LogP contribution >= 0.6 is 12.2 Å². The molecule has 1 aliphatic rings. The zero-order valence-electron chi connectivity index (χ0n) is 13.5. The zero-order chi connectivity index (χ0) is 15.9. The lowest BCUT2D eigenvalue weighted by atomic mass is 9.98. The van der Waals surface area contributed by atoms with Gasteiger partial charge in [0.2, 0.25) is 0 Å². The lowest BCUT2D eigenvalue weighted by Crippen LogP contribution is -2.34. The Labute approximate surface area is 138 Å². The molecule has 1 unspecified atom stereocenters. The highest BCUT2D eigenvalue weighted by molar-refractivity contribution is 7.80. The van der Waals surface area contributed by atoms with E-state index in [4.69, 9.17) is 17.1 Å². The number of thiocarbonyl (C=S) groups is 1. The third kappa shape index (κ3) is 4.21. The lowest BCUT2D eigenvalue weighted by molar-refractivity contribution is 0.0476. The Morgan fingerprint density at radius 3 is 2.82 bits per heavy atom. The van der Waals surface area contributed by atoms with Crippen LogP contribution in [0.25, 0.3) is 5.70 Å². The number of hydrogen-bond donors (Lipinski definition) is 3. The summed E-state index contributed by atoms with van der Waals surface area (Å²) in [7, 11) is 1.81. The topological polar surface area (TPSA) is 45.3 Å². The monoisotopic (exact) mass is 319 g/mol. The van der Waals surface area contributed by atoms with Crippen molar-refractivity contribution < 1.29 is 4.84 Å². The van der Waals surface area contributed by atoms with Crippen LogP contribution in [-0.2, 0) is 17.7 Å². The number of aryl methyl sites for hydroxylation is 2. The molecule has 0 bridgehead atoms. The highest BCUT2D eigenvalue weighted by atomic mass is 32.1. The van der Waals surface area contributed by atoms with Gasteiger partial charge in [-0.05, 0) is 54.7 Å². The first-order chi connectivity index (χ1) is 10.7. The van der Waals surface area contributed by atoms with Gasteiger partial charge in [0.05, 0.1) is 5.70 Å². The van der Waals surface area contributed by atoms with E-state index in [9.17, 15) is 0 Å². The third-order valence-corrected chi connectivity index (χ3v) is 4.22. The predicted molar refractivity (Wildman–Crippen MR) is 95.5 cm³/mol. The average Bonchev–Trinajstić information content (AvgIpc) is 3.02. The minimum atomic E-state index is 0.0668. The predicted octanol–water partition coefficient (Wildman–Crippen LogP) is 2.54. The Morgan fingerprint density at radius 2 is 2.14 bits per heavy atom. The van der Waals surface area contributed by atoms with Gasteiger partial charge in [-0.15, -0.1) is 0 Å². The number of hydrogen-bond acceptors (Lipinski definition) is 3. The molecular weight excluding hydrogens is 294 g/mol. The molecule has 5 heteroatoms. The molecule has 1 aliphatic heterocycles. The minimum Gasteiger partial charge on any atom is -0.366 e. The van der Waals surface area contributed by atoms with Gasteiger partial charge in [-0.3, -0.25) is 10.3 Å². The summed E-state index contributed by atoms with van der Waals surface area (Å²) in [6.45, 7) is 5.14. The Bertz CT molecular complexity index is 557. The molecule has 1 heterocycles. The largest absolute Gasteiger partial charge is 0.366 e. The van der Waals surface area contributed by atoms with E-state index in [0.29, 0.717) is 5.11 Å². The molecule has 0 saturated carbocycles. The summed E-state index contributed by atoms with van der Waals surface area (Å²) in [5, 5.41) is 6.70. The fourth-order valence-corrected chi connectivity index (χ4v) is 2.60. The quantitative estimate of drug-likeness (QED) is 0.703. The van der Waals surface area contributed by atoms with Crippen molar-refractivity contribution in [1.29, 1.82) is 0 Å². The molecular formula is C17H25N3OS. The van der Waals surface area contributed by atoms with E-state index >= 15 is 0 Å². The molecule has 0 aromatic heterocycles. The van der Waals surface area contributed by atoms with Crippen LogP contribution in [0.4, 0.5) is 0 Å². The standard InChI is InChI=1S/C17H25N3OS/c1-4-12-6-7-13(5-2)15(10-12)16-11-14(21-20-16)8-9-19-17(22)18-3/h6-7,10-11,14,20H,4-5,8-9H2,1-3H3,(H2,18,19,22). The van der Waals surface area contributed by atoms with Crippen molar-refractivity contribution in [2.24, 2.45) is 0 Å². The third-order valence-electron chi connectivity index (χ3n) is 3.87. The summed E-state index contributed by atoms with van der Waals surface area (Å²) in [6.07, 6.45) is 5.16. The molecule has 2 rings (SSSR count). The van der Waals surface area contributed by atoms with Gasteiger partial charge >= 0.3 is 0 Å². The number of rotatable bonds is 6. The van der Waals surface area contributed by atoms with Crippen LogP contribution in [0.15, 0.2) is 24.3 Å². The Hall–Kier alpha value is -1.59. The first-order valence-electron chi connectivity index (χ1n) is 7.89. The molecule has 1 aromatic rings. The van der Waals surface area contributed by atoms with Crippen LogP contribution in [0.1, 0.15) is 37.0 Å². The molecule has 0 radical (unpaired) electrons. The highest BCUT2D eigenvalue weighted by Gasteiger charge is 2.19. The molecule has 120 valence electrons. The molecule has 3 N–H and O–H groups in total. The summed E-state index contributed by atoms with van der Waals surface area (Å²) in [6, 6.07) is 6.69.